The summed E-state index contributed by atoms with van der Waals surface area (Å²) in [7, 11) is 0. The number of carbonyl (C=O) groups excluding carboxylic acids is 2. The zero-order valence-electron chi connectivity index (χ0n) is 27.8. The summed E-state index contributed by atoms with van der Waals surface area (Å²) in [4.78, 5) is 40.9. The van der Waals surface area contributed by atoms with E-state index in [1.54, 1.807) is 24.4 Å². The summed E-state index contributed by atoms with van der Waals surface area (Å²) >= 11 is 9.82. The number of nitrogens with two attached hydrogens (primary N) is 1. The molecule has 1 atom stereocenters. The summed E-state index contributed by atoms with van der Waals surface area (Å²) in [5.41, 5.74) is 5.41. The molecule has 3 N–H and O–H groups in total. The van der Waals surface area contributed by atoms with Crippen molar-refractivity contribution in [2.45, 2.75) is 65.5 Å². The number of aliphatic imine (C=N–C) groups is 1. The third-order valence-corrected chi connectivity index (χ3v) is 8.26. The average molecular weight is 784 g/mol. The number of benzene rings is 2. The predicted molar refractivity (Wildman–Crippen MR) is 185 cm³/mol. The number of ether oxygens (including phenoxy) is 1. The number of rotatable bonds is 11. The Hall–Kier alpha value is -4.31. The molecule has 4 aromatic rings. The Morgan fingerprint density at radius 3 is 2.46 bits per heavy atom. The van der Waals surface area contributed by atoms with Crippen molar-refractivity contribution in [3.05, 3.63) is 81.4 Å². The van der Waals surface area contributed by atoms with Gasteiger partial charge in [-0.05, 0) is 83.6 Å². The molecule has 0 aliphatic rings. The Balaban J connectivity index is 1.88. The number of halogens is 6. The van der Waals surface area contributed by atoms with Crippen LogP contribution in [0.15, 0.2) is 64.5 Å². The van der Waals surface area contributed by atoms with Crippen molar-refractivity contribution in [2.24, 2.45) is 16.1 Å². The molecule has 0 unspecified atom stereocenters. The first-order valence-electron chi connectivity index (χ1n) is 15.3. The minimum absolute atomic E-state index is 0.00884. The van der Waals surface area contributed by atoms with Crippen molar-refractivity contribution in [2.75, 3.05) is 13.2 Å². The van der Waals surface area contributed by atoms with E-state index < -0.39 is 48.9 Å². The van der Waals surface area contributed by atoms with Crippen LogP contribution in [0.25, 0.3) is 16.6 Å². The predicted octanol–water partition coefficient (Wildman–Crippen LogP) is 7.87. The van der Waals surface area contributed by atoms with Gasteiger partial charge in [0.1, 0.15) is 12.9 Å². The molecule has 0 aliphatic heterocycles. The Bertz CT molecular complexity index is 1880. The maximum Gasteiger partial charge on any atom is 0.407 e. The van der Waals surface area contributed by atoms with Gasteiger partial charge in [0.25, 0.3) is 18.8 Å². The molecule has 0 saturated heterocycles. The van der Waals surface area contributed by atoms with Gasteiger partial charge in [0.05, 0.1) is 27.8 Å². The highest BCUT2D eigenvalue weighted by molar-refractivity contribution is 9.10. The molecule has 0 fully saturated rings. The number of hydrogen-bond donors (Lipinski definition) is 2. The summed E-state index contributed by atoms with van der Waals surface area (Å²) in [5, 5.41) is 6.64. The first kappa shape index (κ1) is 38.5. The highest BCUT2D eigenvalue weighted by Gasteiger charge is 2.35. The van der Waals surface area contributed by atoms with Crippen molar-refractivity contribution >= 4 is 56.4 Å². The van der Waals surface area contributed by atoms with Crippen LogP contribution in [-0.4, -0.2) is 67.7 Å². The van der Waals surface area contributed by atoms with E-state index in [4.69, 9.17) is 22.1 Å². The fourth-order valence-corrected chi connectivity index (χ4v) is 5.22. The van der Waals surface area contributed by atoms with Crippen molar-refractivity contribution in [3.63, 3.8) is 0 Å². The number of aromatic nitrogens is 4. The van der Waals surface area contributed by atoms with Crippen molar-refractivity contribution in [1.29, 1.82) is 0 Å². The first-order chi connectivity index (χ1) is 23.4. The number of nitrogens with one attached hydrogen (secondary N) is 1. The summed E-state index contributed by atoms with van der Waals surface area (Å²) in [6.07, 6.45) is -4.01. The van der Waals surface area contributed by atoms with Crippen molar-refractivity contribution < 1.29 is 31.9 Å². The molecule has 2 aromatic carbocycles. The number of pyridine rings is 1. The van der Waals surface area contributed by atoms with Gasteiger partial charge in [0.2, 0.25) is 0 Å². The third-order valence-electron chi connectivity index (χ3n) is 7.50. The number of amides is 2. The Morgan fingerprint density at radius 2 is 1.80 bits per heavy atom. The molecular weight excluding hydrogens is 748 g/mol. The van der Waals surface area contributed by atoms with Gasteiger partial charge in [-0.2, -0.15) is 5.10 Å². The van der Waals surface area contributed by atoms with Gasteiger partial charge in [-0.1, -0.05) is 38.4 Å². The fraction of sp³-hybridized carbons (Fsp3) is 0.394. The lowest BCUT2D eigenvalue weighted by molar-refractivity contribution is 0.0404. The zero-order chi connectivity index (χ0) is 37.0. The fourth-order valence-electron chi connectivity index (χ4n) is 4.68. The average Bonchev–Trinajstić information content (AvgIpc) is 3.52. The number of nitrogens with zero attached hydrogens (tertiary/aromatic N) is 6. The van der Waals surface area contributed by atoms with E-state index in [1.807, 2.05) is 20.8 Å². The van der Waals surface area contributed by atoms with E-state index in [1.165, 1.54) is 24.3 Å². The van der Waals surface area contributed by atoms with Gasteiger partial charge < -0.3 is 15.8 Å². The monoisotopic (exact) mass is 782 g/mol. The van der Waals surface area contributed by atoms with Crippen LogP contribution >= 0.6 is 27.5 Å². The number of alkyl halides is 4. The topological polar surface area (TPSA) is 141 Å². The van der Waals surface area contributed by atoms with Crippen LogP contribution in [0.3, 0.4) is 0 Å². The zero-order valence-corrected chi connectivity index (χ0v) is 30.1. The van der Waals surface area contributed by atoms with Crippen LogP contribution in [0.4, 0.5) is 22.4 Å². The van der Waals surface area contributed by atoms with E-state index in [-0.39, 0.29) is 39.8 Å². The van der Waals surface area contributed by atoms with Crippen molar-refractivity contribution in [3.8, 4) is 5.69 Å². The number of carbonyl (C=O) groups is 2. The SMILES string of the molecule is CC(C)(C)CCN=C(N)N(C(=O)c1ccc2ncc(Br)cc2c1)[C@H](COC(=O)NC(C)(C)C(F)F)c1ccc(Cl)c(-n2ncnc2C(F)F)c1. The smallest absolute Gasteiger partial charge is 0.407 e. The molecule has 2 amide bonds. The first-order valence-corrected chi connectivity index (χ1v) is 16.4. The Morgan fingerprint density at radius 1 is 1.08 bits per heavy atom. The van der Waals surface area contributed by atoms with Gasteiger partial charge in [-0.15, -0.1) is 0 Å². The summed E-state index contributed by atoms with van der Waals surface area (Å²) < 4.78 is 61.7. The maximum atomic E-state index is 14.5. The number of alkyl carbamates (subject to hydrolysis) is 1. The second kappa shape index (κ2) is 15.7. The van der Waals surface area contributed by atoms with Crippen LogP contribution in [-0.2, 0) is 4.74 Å². The van der Waals surface area contributed by atoms with E-state index in [9.17, 15) is 27.2 Å². The molecule has 50 heavy (non-hydrogen) atoms. The van der Waals surface area contributed by atoms with Gasteiger partial charge in [0.15, 0.2) is 11.8 Å². The normalized spacial score (nSPS) is 13.2. The van der Waals surface area contributed by atoms with E-state index >= 15 is 0 Å². The lowest BCUT2D eigenvalue weighted by Gasteiger charge is -2.32. The Kier molecular flexibility index (Phi) is 12.1. The molecule has 0 bridgehead atoms. The van der Waals surface area contributed by atoms with E-state index in [2.05, 4.69) is 41.3 Å². The van der Waals surface area contributed by atoms with Gasteiger partial charge in [-0.25, -0.2) is 32.0 Å². The van der Waals surface area contributed by atoms with Gasteiger partial charge in [-0.3, -0.25) is 19.7 Å². The molecule has 2 heterocycles. The molecular formula is C33H36BrClF4N8O3. The number of fused-ring (bicyclic) bond motifs is 1. The summed E-state index contributed by atoms with van der Waals surface area (Å²) in [5.74, 6) is -1.62. The van der Waals surface area contributed by atoms with Crippen molar-refractivity contribution in [1.82, 2.24) is 30.0 Å². The number of guanidine groups is 1. The standard InChI is InChI=1S/C33H36BrClF4N8O3/c1-32(2,3)10-11-41-30(40)46(28(48)19-7-9-23-20(12-19)13-21(34)15-42-23)25(16-50-31(49)45-33(4,5)29(38)39)18-6-8-22(35)24(14-18)47-27(26(36)37)43-17-44-47/h6-9,12-15,17,25-26,29H,10-11,16H2,1-5H3,(H2,40,41)(H,45,49)/t25-/m1/s1. The molecule has 268 valence electrons. The molecule has 17 heteroatoms. The lowest BCUT2D eigenvalue weighted by atomic mass is 9.92. The second-order valence-electron chi connectivity index (χ2n) is 13.1. The summed E-state index contributed by atoms with van der Waals surface area (Å²) in [6.45, 7) is 7.83. The lowest BCUT2D eigenvalue weighted by Crippen LogP contribution is -2.50. The molecule has 0 saturated carbocycles. The highest BCUT2D eigenvalue weighted by Crippen LogP contribution is 2.32. The summed E-state index contributed by atoms with van der Waals surface area (Å²) in [6, 6.07) is 9.48. The molecule has 0 aliphatic carbocycles. The molecule has 11 nitrogen and oxygen atoms in total. The second-order valence-corrected chi connectivity index (χ2v) is 14.4. The molecule has 4 rings (SSSR count). The van der Waals surface area contributed by atoms with Crippen LogP contribution < -0.4 is 11.1 Å². The largest absolute Gasteiger partial charge is 0.447 e. The quantitative estimate of drug-likeness (QED) is 0.0897. The molecule has 0 radical (unpaired) electrons. The molecule has 0 spiro atoms. The minimum Gasteiger partial charge on any atom is -0.447 e. The van der Waals surface area contributed by atoms with Gasteiger partial charge >= 0.3 is 6.09 Å². The third kappa shape index (κ3) is 9.47. The van der Waals surface area contributed by atoms with Crippen LogP contribution in [0.5, 0.6) is 0 Å². The van der Waals surface area contributed by atoms with E-state index in [0.29, 0.717) is 21.8 Å². The number of hydrogen-bond acceptors (Lipinski definition) is 7. The highest BCUT2D eigenvalue weighted by atomic mass is 79.9. The van der Waals surface area contributed by atoms with Crippen LogP contribution in [0.2, 0.25) is 5.02 Å². The molecule has 2 aromatic heterocycles. The minimum atomic E-state index is -3.01. The van der Waals surface area contributed by atoms with Crippen LogP contribution in [0, 0.1) is 5.41 Å². The maximum absolute atomic E-state index is 14.5. The Labute approximate surface area is 299 Å². The van der Waals surface area contributed by atoms with E-state index in [0.717, 1.165) is 29.8 Å². The van der Waals surface area contributed by atoms with Gasteiger partial charge in [0, 0.05) is 28.2 Å². The van der Waals surface area contributed by atoms with Crippen LogP contribution in [0.1, 0.15) is 75.3 Å².